The zero-order valence-corrected chi connectivity index (χ0v) is 19.9. The lowest BCUT2D eigenvalue weighted by molar-refractivity contribution is -0.137. The molecule has 2 amide bonds. The van der Waals surface area contributed by atoms with Crippen molar-refractivity contribution in [1.82, 2.24) is 9.88 Å². The number of benzene rings is 2. The van der Waals surface area contributed by atoms with Gasteiger partial charge in [0.15, 0.2) is 0 Å². The summed E-state index contributed by atoms with van der Waals surface area (Å²) in [7, 11) is 0. The van der Waals surface area contributed by atoms with Crippen LogP contribution >= 0.6 is 0 Å². The minimum Gasteiger partial charge on any atom is -0.491 e. The molecule has 0 saturated carbocycles. The Labute approximate surface area is 200 Å². The van der Waals surface area contributed by atoms with Gasteiger partial charge in [0.2, 0.25) is 0 Å². The van der Waals surface area contributed by atoms with E-state index in [-0.39, 0.29) is 30.2 Å². The van der Waals surface area contributed by atoms with E-state index in [9.17, 15) is 9.59 Å². The Kier molecular flexibility index (Phi) is 6.77. The summed E-state index contributed by atoms with van der Waals surface area (Å²) in [6.45, 7) is 8.35. The average molecular weight is 456 g/mol. The van der Waals surface area contributed by atoms with Crippen LogP contribution in [0, 0.1) is 0 Å². The number of aromatic nitrogens is 1. The first-order chi connectivity index (χ1) is 16.3. The van der Waals surface area contributed by atoms with Crippen LogP contribution in [0.5, 0.6) is 5.75 Å². The standard InChI is InChI=1S/C28H29N3O3/c1-18(2)21-5-9-23(10-6-21)30-26-25(22-7-11-24(12-8-22)34-19(3)4)27(32)31(28(26)33)17-20-13-15-29-16-14-20/h5-16,18-19,30H,17H2,1-4H3. The van der Waals surface area contributed by atoms with Gasteiger partial charge >= 0.3 is 0 Å². The second-order valence-electron chi connectivity index (χ2n) is 8.89. The summed E-state index contributed by atoms with van der Waals surface area (Å²) in [5.74, 6) is 0.428. The highest BCUT2D eigenvalue weighted by Gasteiger charge is 2.39. The van der Waals surface area contributed by atoms with Crippen LogP contribution in [-0.4, -0.2) is 27.8 Å². The lowest BCUT2D eigenvalue weighted by atomic mass is 10.0. The molecule has 3 aromatic rings. The molecule has 0 bridgehead atoms. The van der Waals surface area contributed by atoms with Gasteiger partial charge in [-0.05, 0) is 72.9 Å². The van der Waals surface area contributed by atoms with E-state index in [4.69, 9.17) is 4.74 Å². The van der Waals surface area contributed by atoms with Crippen molar-refractivity contribution in [3.05, 3.63) is 95.4 Å². The SMILES string of the molecule is CC(C)Oc1ccc(C2=C(Nc3ccc(C(C)C)cc3)C(=O)N(Cc3ccncc3)C2=O)cc1. The Morgan fingerprint density at radius 1 is 0.853 bits per heavy atom. The Morgan fingerprint density at radius 2 is 1.50 bits per heavy atom. The molecule has 1 aliphatic rings. The first-order valence-corrected chi connectivity index (χ1v) is 11.5. The number of hydrogen-bond donors (Lipinski definition) is 1. The molecule has 0 aliphatic carbocycles. The Balaban J connectivity index is 1.69. The minimum atomic E-state index is -0.354. The van der Waals surface area contributed by atoms with Crippen molar-refractivity contribution in [3.63, 3.8) is 0 Å². The fourth-order valence-electron chi connectivity index (χ4n) is 3.84. The largest absolute Gasteiger partial charge is 0.491 e. The molecule has 0 radical (unpaired) electrons. The molecule has 1 N–H and O–H groups in total. The molecule has 1 aliphatic heterocycles. The molecule has 6 heteroatoms. The van der Waals surface area contributed by atoms with Gasteiger partial charge in [0.05, 0.1) is 18.2 Å². The summed E-state index contributed by atoms with van der Waals surface area (Å²) in [5, 5.41) is 3.22. The van der Waals surface area contributed by atoms with Crippen molar-refractivity contribution in [2.75, 3.05) is 5.32 Å². The first kappa shape index (κ1) is 23.2. The number of anilines is 1. The molecule has 0 atom stereocenters. The molecule has 2 heterocycles. The molecule has 174 valence electrons. The lowest BCUT2D eigenvalue weighted by Crippen LogP contribution is -2.32. The normalized spacial score (nSPS) is 13.9. The van der Waals surface area contributed by atoms with E-state index >= 15 is 0 Å². The van der Waals surface area contributed by atoms with E-state index < -0.39 is 0 Å². The number of carbonyl (C=O) groups excluding carboxylic acids is 2. The molecular formula is C28H29N3O3. The number of hydrogen-bond acceptors (Lipinski definition) is 5. The molecule has 6 nitrogen and oxygen atoms in total. The summed E-state index contributed by atoms with van der Waals surface area (Å²) >= 11 is 0. The summed E-state index contributed by atoms with van der Waals surface area (Å²) in [6.07, 6.45) is 3.34. The molecule has 0 saturated heterocycles. The monoisotopic (exact) mass is 455 g/mol. The predicted molar refractivity (Wildman–Crippen MR) is 133 cm³/mol. The molecule has 2 aromatic carbocycles. The van der Waals surface area contributed by atoms with E-state index in [1.807, 2.05) is 62.4 Å². The molecule has 0 fully saturated rings. The van der Waals surface area contributed by atoms with Crippen LogP contribution in [0.1, 0.15) is 50.3 Å². The highest BCUT2D eigenvalue weighted by atomic mass is 16.5. The van der Waals surface area contributed by atoms with Crippen molar-refractivity contribution >= 4 is 23.1 Å². The summed E-state index contributed by atoms with van der Waals surface area (Å²) < 4.78 is 5.73. The second-order valence-corrected chi connectivity index (χ2v) is 8.89. The maximum Gasteiger partial charge on any atom is 0.278 e. The number of carbonyl (C=O) groups is 2. The van der Waals surface area contributed by atoms with Crippen molar-refractivity contribution in [2.45, 2.75) is 46.3 Å². The topological polar surface area (TPSA) is 71.5 Å². The fourth-order valence-corrected chi connectivity index (χ4v) is 3.84. The van der Waals surface area contributed by atoms with Gasteiger partial charge in [0.1, 0.15) is 11.4 Å². The number of ether oxygens (including phenoxy) is 1. The summed E-state index contributed by atoms with van der Waals surface area (Å²) in [5.41, 5.74) is 4.07. The van der Waals surface area contributed by atoms with E-state index in [1.54, 1.807) is 24.5 Å². The van der Waals surface area contributed by atoms with E-state index in [0.29, 0.717) is 22.8 Å². The third kappa shape index (κ3) is 5.01. The first-order valence-electron chi connectivity index (χ1n) is 11.5. The van der Waals surface area contributed by atoms with Crippen molar-refractivity contribution in [1.29, 1.82) is 0 Å². The minimum absolute atomic E-state index is 0.0432. The molecular weight excluding hydrogens is 426 g/mol. The van der Waals surface area contributed by atoms with Gasteiger partial charge in [0.25, 0.3) is 11.8 Å². The highest BCUT2D eigenvalue weighted by Crippen LogP contribution is 2.32. The molecule has 0 spiro atoms. The number of imide groups is 1. The quantitative estimate of drug-likeness (QED) is 0.462. The summed E-state index contributed by atoms with van der Waals surface area (Å²) in [6, 6.07) is 18.8. The van der Waals surface area contributed by atoms with Crippen molar-refractivity contribution in [2.24, 2.45) is 0 Å². The van der Waals surface area contributed by atoms with Gasteiger partial charge in [-0.1, -0.05) is 38.1 Å². The summed E-state index contributed by atoms with van der Waals surface area (Å²) in [4.78, 5) is 32.2. The van der Waals surface area contributed by atoms with Gasteiger partial charge < -0.3 is 10.1 Å². The lowest BCUT2D eigenvalue weighted by Gasteiger charge is -2.15. The molecule has 4 rings (SSSR count). The van der Waals surface area contributed by atoms with Crippen molar-refractivity contribution in [3.8, 4) is 5.75 Å². The van der Waals surface area contributed by atoms with Crippen molar-refractivity contribution < 1.29 is 14.3 Å². The van der Waals surface area contributed by atoms with E-state index in [2.05, 4.69) is 24.1 Å². The maximum atomic E-state index is 13.5. The van der Waals surface area contributed by atoms with Gasteiger partial charge in [-0.25, -0.2) is 0 Å². The third-order valence-electron chi connectivity index (χ3n) is 5.62. The van der Waals surface area contributed by atoms with E-state index in [0.717, 1.165) is 11.3 Å². The molecule has 1 aromatic heterocycles. The van der Waals surface area contributed by atoms with Gasteiger partial charge in [0, 0.05) is 18.1 Å². The zero-order chi connectivity index (χ0) is 24.2. The number of nitrogens with one attached hydrogen (secondary N) is 1. The number of rotatable bonds is 8. The van der Waals surface area contributed by atoms with Gasteiger partial charge in [-0.2, -0.15) is 0 Å². The van der Waals surface area contributed by atoms with Crippen LogP contribution in [-0.2, 0) is 16.1 Å². The average Bonchev–Trinajstić information content (AvgIpc) is 3.04. The Hall–Kier alpha value is -3.93. The van der Waals surface area contributed by atoms with Crippen LogP contribution in [0.25, 0.3) is 5.57 Å². The van der Waals surface area contributed by atoms with Crippen LogP contribution < -0.4 is 10.1 Å². The second kappa shape index (κ2) is 9.91. The number of amides is 2. The Morgan fingerprint density at radius 3 is 2.09 bits per heavy atom. The van der Waals surface area contributed by atoms with Crippen LogP contribution in [0.4, 0.5) is 5.69 Å². The smallest absolute Gasteiger partial charge is 0.278 e. The van der Waals surface area contributed by atoms with Crippen LogP contribution in [0.15, 0.2) is 78.8 Å². The van der Waals surface area contributed by atoms with Gasteiger partial charge in [-0.3, -0.25) is 19.5 Å². The van der Waals surface area contributed by atoms with Gasteiger partial charge in [-0.15, -0.1) is 0 Å². The van der Waals surface area contributed by atoms with E-state index in [1.165, 1.54) is 10.5 Å². The molecule has 34 heavy (non-hydrogen) atoms. The zero-order valence-electron chi connectivity index (χ0n) is 19.9. The maximum absolute atomic E-state index is 13.5. The third-order valence-corrected chi connectivity index (χ3v) is 5.62. The van der Waals surface area contributed by atoms with Crippen LogP contribution in [0.2, 0.25) is 0 Å². The predicted octanol–water partition coefficient (Wildman–Crippen LogP) is 5.38. The number of pyridine rings is 1. The highest BCUT2D eigenvalue weighted by molar-refractivity contribution is 6.36. The van der Waals surface area contributed by atoms with Crippen LogP contribution in [0.3, 0.4) is 0 Å². The molecule has 0 unspecified atom stereocenters. The fraction of sp³-hybridized carbons (Fsp3) is 0.250. The Bertz CT molecular complexity index is 1200. The number of nitrogens with zero attached hydrogens (tertiary/aromatic N) is 2.